The van der Waals surface area contributed by atoms with Gasteiger partial charge < -0.3 is 17.5 Å². The van der Waals surface area contributed by atoms with E-state index in [1.54, 1.807) is 0 Å². The van der Waals surface area contributed by atoms with Crippen molar-refractivity contribution >= 4 is 22.9 Å². The fourth-order valence-corrected chi connectivity index (χ4v) is 2.69. The summed E-state index contributed by atoms with van der Waals surface area (Å²) in [4.78, 5) is 0. The van der Waals surface area contributed by atoms with Crippen LogP contribution in [0.1, 0.15) is 16.7 Å². The lowest BCUT2D eigenvalue weighted by Crippen LogP contribution is -3.00. The molecule has 0 aliphatic heterocycles. The summed E-state index contributed by atoms with van der Waals surface area (Å²) in [5.41, 5.74) is 3.62. The Kier molecular flexibility index (Phi) is 5.91. The van der Waals surface area contributed by atoms with Gasteiger partial charge in [0, 0.05) is 11.6 Å². The van der Waals surface area contributed by atoms with E-state index in [1.165, 1.54) is 27.5 Å². The molecule has 1 N–H and O–H groups in total. The molecular formula is C20H20ClNO. The third-order valence-corrected chi connectivity index (χ3v) is 3.88. The van der Waals surface area contributed by atoms with Gasteiger partial charge >= 0.3 is 0 Å². The van der Waals surface area contributed by atoms with E-state index in [0.717, 1.165) is 0 Å². The van der Waals surface area contributed by atoms with Crippen LogP contribution in [0.25, 0.3) is 22.9 Å². The number of aliphatic hydroxyl groups excluding tert-OH is 1. The summed E-state index contributed by atoms with van der Waals surface area (Å²) in [5.74, 6) is 0. The third kappa shape index (κ3) is 3.98. The van der Waals surface area contributed by atoms with Crippen LogP contribution in [-0.4, -0.2) is 11.7 Å². The molecule has 118 valence electrons. The van der Waals surface area contributed by atoms with Crippen LogP contribution in [0.2, 0.25) is 0 Å². The molecule has 3 rings (SSSR count). The van der Waals surface area contributed by atoms with Crippen LogP contribution in [0.4, 0.5) is 0 Å². The molecule has 0 atom stereocenters. The van der Waals surface area contributed by atoms with Gasteiger partial charge in [0.15, 0.2) is 18.9 Å². The maximum absolute atomic E-state index is 9.00. The van der Waals surface area contributed by atoms with Gasteiger partial charge in [-0.3, -0.25) is 0 Å². The van der Waals surface area contributed by atoms with Crippen molar-refractivity contribution in [2.75, 3.05) is 6.61 Å². The molecule has 0 unspecified atom stereocenters. The molecule has 0 aliphatic rings. The van der Waals surface area contributed by atoms with Crippen LogP contribution in [0.3, 0.4) is 0 Å². The predicted octanol–water partition coefficient (Wildman–Crippen LogP) is 0.602. The Morgan fingerprint density at radius 3 is 2.48 bits per heavy atom. The van der Waals surface area contributed by atoms with Gasteiger partial charge in [0.25, 0.3) is 0 Å². The predicted molar refractivity (Wildman–Crippen MR) is 91.3 cm³/mol. The molecule has 1 heterocycles. The zero-order chi connectivity index (χ0) is 15.4. The van der Waals surface area contributed by atoms with E-state index in [4.69, 9.17) is 5.11 Å². The Hall–Kier alpha value is -2.16. The zero-order valence-corrected chi connectivity index (χ0v) is 13.9. The highest BCUT2D eigenvalue weighted by Crippen LogP contribution is 2.21. The van der Waals surface area contributed by atoms with Crippen molar-refractivity contribution in [3.8, 4) is 0 Å². The lowest BCUT2D eigenvalue weighted by Gasteiger charge is -2.03. The largest absolute Gasteiger partial charge is 1.00 e. The minimum atomic E-state index is 0. The number of nitrogens with zero attached hydrogens (tertiary/aromatic N) is 1. The van der Waals surface area contributed by atoms with Crippen LogP contribution in [-0.2, 0) is 6.54 Å². The van der Waals surface area contributed by atoms with Crippen molar-refractivity contribution < 1.29 is 22.1 Å². The summed E-state index contributed by atoms with van der Waals surface area (Å²) in [5, 5.41) is 11.5. The maximum atomic E-state index is 9.00. The number of halogens is 1. The van der Waals surface area contributed by atoms with Gasteiger partial charge in [-0.1, -0.05) is 54.6 Å². The highest BCUT2D eigenvalue weighted by Gasteiger charge is 2.03. The molecular weight excluding hydrogens is 306 g/mol. The summed E-state index contributed by atoms with van der Waals surface area (Å²) in [6.07, 6.45) is 8.40. The molecule has 0 bridgehead atoms. The molecule has 0 saturated carbocycles. The molecule has 23 heavy (non-hydrogen) atoms. The fourth-order valence-electron chi connectivity index (χ4n) is 2.69. The van der Waals surface area contributed by atoms with Gasteiger partial charge in [-0.2, -0.15) is 0 Å². The SMILES string of the molecule is Cc1c[n+](CCO)ccc1/C=C/c1cccc2ccccc12.[Cl-]. The first kappa shape index (κ1) is 17.2. The molecule has 0 amide bonds. The van der Waals surface area contributed by atoms with Crippen molar-refractivity contribution in [1.29, 1.82) is 0 Å². The minimum absolute atomic E-state index is 0. The van der Waals surface area contributed by atoms with E-state index in [-0.39, 0.29) is 19.0 Å². The van der Waals surface area contributed by atoms with Crippen LogP contribution in [0.5, 0.6) is 0 Å². The topological polar surface area (TPSA) is 24.1 Å². The number of benzene rings is 2. The Balaban J connectivity index is 0.00000192. The maximum Gasteiger partial charge on any atom is 0.172 e. The third-order valence-electron chi connectivity index (χ3n) is 3.88. The van der Waals surface area contributed by atoms with Crippen LogP contribution in [0.15, 0.2) is 60.9 Å². The molecule has 0 aliphatic carbocycles. The first-order valence-corrected chi connectivity index (χ1v) is 7.54. The van der Waals surface area contributed by atoms with Gasteiger partial charge in [-0.15, -0.1) is 0 Å². The number of hydrogen-bond donors (Lipinski definition) is 1. The van der Waals surface area contributed by atoms with Crippen LogP contribution < -0.4 is 17.0 Å². The Morgan fingerprint density at radius 2 is 1.70 bits per heavy atom. The number of rotatable bonds is 4. The van der Waals surface area contributed by atoms with Crippen molar-refractivity contribution in [3.05, 3.63) is 77.6 Å². The second-order valence-corrected chi connectivity index (χ2v) is 5.45. The number of fused-ring (bicyclic) bond motifs is 1. The van der Waals surface area contributed by atoms with E-state index in [9.17, 15) is 0 Å². The second kappa shape index (κ2) is 7.91. The smallest absolute Gasteiger partial charge is 0.172 e. The first-order chi connectivity index (χ1) is 10.8. The highest BCUT2D eigenvalue weighted by atomic mass is 35.5. The number of aromatic nitrogens is 1. The standard InChI is InChI=1S/C20H20NO.ClH/c1-16-15-21(13-14-22)12-11-17(16)9-10-19-7-4-6-18-5-2-3-8-20(18)19;/h2-12,15,22H,13-14H2,1H3;1H/q+1;/p-1/b10-9+;. The number of hydrogen-bond acceptors (Lipinski definition) is 1. The summed E-state index contributed by atoms with van der Waals surface area (Å²) >= 11 is 0. The molecule has 0 saturated heterocycles. The minimum Gasteiger partial charge on any atom is -1.00 e. The average Bonchev–Trinajstić information content (AvgIpc) is 2.54. The Morgan fingerprint density at radius 1 is 0.957 bits per heavy atom. The number of pyridine rings is 1. The molecule has 2 aromatic carbocycles. The molecule has 3 aromatic rings. The lowest BCUT2D eigenvalue weighted by atomic mass is 10.0. The Bertz CT molecular complexity index is 821. The van der Waals surface area contributed by atoms with Crippen molar-refractivity contribution in [1.82, 2.24) is 0 Å². The number of aliphatic hydroxyl groups is 1. The molecule has 0 fully saturated rings. The van der Waals surface area contributed by atoms with Crippen molar-refractivity contribution in [2.24, 2.45) is 0 Å². The van der Waals surface area contributed by atoms with Gasteiger partial charge in [-0.05, 0) is 28.8 Å². The molecule has 0 spiro atoms. The Labute approximate surface area is 143 Å². The molecule has 3 heteroatoms. The van der Waals surface area contributed by atoms with Gasteiger partial charge in [0.2, 0.25) is 0 Å². The lowest BCUT2D eigenvalue weighted by molar-refractivity contribution is -0.698. The van der Waals surface area contributed by atoms with E-state index in [2.05, 4.69) is 73.8 Å². The summed E-state index contributed by atoms with van der Waals surface area (Å²) < 4.78 is 2.00. The molecule has 2 nitrogen and oxygen atoms in total. The van der Waals surface area contributed by atoms with E-state index < -0.39 is 0 Å². The van der Waals surface area contributed by atoms with Crippen LogP contribution >= 0.6 is 0 Å². The van der Waals surface area contributed by atoms with E-state index in [0.29, 0.717) is 6.54 Å². The normalized spacial score (nSPS) is 10.9. The van der Waals surface area contributed by atoms with E-state index in [1.807, 2.05) is 10.8 Å². The second-order valence-electron chi connectivity index (χ2n) is 5.45. The molecule has 0 radical (unpaired) electrons. The monoisotopic (exact) mass is 325 g/mol. The highest BCUT2D eigenvalue weighted by molar-refractivity contribution is 5.92. The quantitative estimate of drug-likeness (QED) is 0.698. The fraction of sp³-hybridized carbons (Fsp3) is 0.150. The van der Waals surface area contributed by atoms with Crippen molar-refractivity contribution in [3.63, 3.8) is 0 Å². The summed E-state index contributed by atoms with van der Waals surface area (Å²) in [7, 11) is 0. The van der Waals surface area contributed by atoms with Gasteiger partial charge in [0.1, 0.15) is 6.61 Å². The van der Waals surface area contributed by atoms with Crippen molar-refractivity contribution in [2.45, 2.75) is 13.5 Å². The zero-order valence-electron chi connectivity index (χ0n) is 13.1. The number of aryl methyl sites for hydroxylation is 1. The average molecular weight is 326 g/mol. The summed E-state index contributed by atoms with van der Waals surface area (Å²) in [6.45, 7) is 2.89. The van der Waals surface area contributed by atoms with E-state index >= 15 is 0 Å². The summed E-state index contributed by atoms with van der Waals surface area (Å²) in [6, 6.07) is 16.9. The van der Waals surface area contributed by atoms with Gasteiger partial charge in [0.05, 0.1) is 0 Å². The van der Waals surface area contributed by atoms with Gasteiger partial charge in [-0.25, -0.2) is 4.57 Å². The van der Waals surface area contributed by atoms with Crippen LogP contribution in [0, 0.1) is 6.92 Å². The molecule has 1 aromatic heterocycles. The first-order valence-electron chi connectivity index (χ1n) is 7.54.